The summed E-state index contributed by atoms with van der Waals surface area (Å²) in [6, 6.07) is 0. The average Bonchev–Trinajstić information content (AvgIpc) is 2.60. The van der Waals surface area contributed by atoms with E-state index >= 15 is 0 Å². The van der Waals surface area contributed by atoms with Gasteiger partial charge in [0.05, 0.1) is 18.0 Å². The Bertz CT molecular complexity index is 465. The van der Waals surface area contributed by atoms with E-state index in [0.717, 1.165) is 0 Å². The number of anilines is 1. The Kier molecular flexibility index (Phi) is 4.88. The quantitative estimate of drug-likeness (QED) is 0.799. The standard InChI is InChI=1S/C12H18N2O4S/c1-12(2,3)18-9(15)5-7(10(16)17)4-8-6-19-11(13)14-8/h6-7H,4-5H2,1-3H3,(H2,13,14)(H,16,17). The molecule has 1 unspecified atom stereocenters. The van der Waals surface area contributed by atoms with Gasteiger partial charge in [-0.1, -0.05) is 0 Å². The monoisotopic (exact) mass is 286 g/mol. The van der Waals surface area contributed by atoms with Gasteiger partial charge in [0, 0.05) is 11.8 Å². The van der Waals surface area contributed by atoms with E-state index in [9.17, 15) is 9.59 Å². The highest BCUT2D eigenvalue weighted by Crippen LogP contribution is 2.19. The lowest BCUT2D eigenvalue weighted by molar-refractivity contribution is -0.159. The number of carbonyl (C=O) groups excluding carboxylic acids is 1. The number of aromatic nitrogens is 1. The highest BCUT2D eigenvalue weighted by atomic mass is 32.1. The average molecular weight is 286 g/mol. The number of carboxylic acids is 1. The van der Waals surface area contributed by atoms with Crippen molar-refractivity contribution in [1.82, 2.24) is 4.98 Å². The second-order valence-electron chi connectivity index (χ2n) is 5.21. The fourth-order valence-electron chi connectivity index (χ4n) is 1.50. The summed E-state index contributed by atoms with van der Waals surface area (Å²) in [5.41, 5.74) is 5.45. The molecule has 19 heavy (non-hydrogen) atoms. The molecule has 106 valence electrons. The minimum Gasteiger partial charge on any atom is -0.481 e. The number of thiazole rings is 1. The van der Waals surface area contributed by atoms with Gasteiger partial charge in [-0.05, 0) is 20.8 Å². The number of hydrogen-bond acceptors (Lipinski definition) is 6. The van der Waals surface area contributed by atoms with E-state index in [-0.39, 0.29) is 12.8 Å². The highest BCUT2D eigenvalue weighted by molar-refractivity contribution is 7.13. The zero-order chi connectivity index (χ0) is 14.6. The number of nitrogens with two attached hydrogens (primary N) is 1. The van der Waals surface area contributed by atoms with Crippen LogP contribution >= 0.6 is 11.3 Å². The fraction of sp³-hybridized carbons (Fsp3) is 0.583. The summed E-state index contributed by atoms with van der Waals surface area (Å²) in [4.78, 5) is 26.8. The molecule has 6 nitrogen and oxygen atoms in total. The van der Waals surface area contributed by atoms with E-state index in [1.807, 2.05) is 0 Å². The first-order chi connectivity index (χ1) is 8.67. The van der Waals surface area contributed by atoms with Gasteiger partial charge in [0.15, 0.2) is 5.13 Å². The Morgan fingerprint density at radius 3 is 2.58 bits per heavy atom. The van der Waals surface area contributed by atoms with Crippen molar-refractivity contribution < 1.29 is 19.4 Å². The number of carboxylic acid groups (broad SMARTS) is 1. The predicted molar refractivity (Wildman–Crippen MR) is 71.8 cm³/mol. The molecular formula is C12H18N2O4S. The molecule has 0 fully saturated rings. The third-order valence-corrected chi connectivity index (χ3v) is 2.93. The van der Waals surface area contributed by atoms with Crippen LogP contribution in [0.25, 0.3) is 0 Å². The maximum absolute atomic E-state index is 11.6. The van der Waals surface area contributed by atoms with Crippen molar-refractivity contribution >= 4 is 28.4 Å². The number of nitrogens with zero attached hydrogens (tertiary/aromatic N) is 1. The minimum atomic E-state index is -1.04. The smallest absolute Gasteiger partial charge is 0.307 e. The summed E-state index contributed by atoms with van der Waals surface area (Å²) in [7, 11) is 0. The molecule has 0 aromatic carbocycles. The molecule has 0 aliphatic heterocycles. The normalized spacial score (nSPS) is 13.0. The Morgan fingerprint density at radius 1 is 1.53 bits per heavy atom. The van der Waals surface area contributed by atoms with Crippen molar-refractivity contribution in [3.63, 3.8) is 0 Å². The number of esters is 1. The summed E-state index contributed by atoms with van der Waals surface area (Å²) in [5.74, 6) is -2.42. The van der Waals surface area contributed by atoms with E-state index in [0.29, 0.717) is 10.8 Å². The maximum atomic E-state index is 11.6. The third kappa shape index (κ3) is 5.69. The molecule has 0 amide bonds. The van der Waals surface area contributed by atoms with Gasteiger partial charge in [-0.25, -0.2) is 4.98 Å². The molecule has 1 atom stereocenters. The molecule has 1 rings (SSSR count). The van der Waals surface area contributed by atoms with Crippen molar-refractivity contribution in [2.24, 2.45) is 5.92 Å². The molecule has 3 N–H and O–H groups in total. The van der Waals surface area contributed by atoms with Gasteiger partial charge in [0.2, 0.25) is 0 Å². The second-order valence-corrected chi connectivity index (χ2v) is 6.10. The van der Waals surface area contributed by atoms with Crippen LogP contribution in [0.15, 0.2) is 5.38 Å². The molecule has 1 aromatic heterocycles. The Labute approximate surface area is 115 Å². The fourth-order valence-corrected chi connectivity index (χ4v) is 2.08. The molecule has 0 spiro atoms. The van der Waals surface area contributed by atoms with Crippen molar-refractivity contribution in [3.8, 4) is 0 Å². The molecule has 0 saturated heterocycles. The topological polar surface area (TPSA) is 103 Å². The van der Waals surface area contributed by atoms with Gasteiger partial charge in [-0.3, -0.25) is 9.59 Å². The molecule has 0 bridgehead atoms. The number of rotatable bonds is 5. The summed E-state index contributed by atoms with van der Waals surface area (Å²) in [5, 5.41) is 11.2. The molecule has 0 radical (unpaired) electrons. The van der Waals surface area contributed by atoms with Crippen molar-refractivity contribution in [2.75, 3.05) is 5.73 Å². The van der Waals surface area contributed by atoms with Gasteiger partial charge in [0.25, 0.3) is 0 Å². The van der Waals surface area contributed by atoms with Crippen LogP contribution in [0.1, 0.15) is 32.9 Å². The van der Waals surface area contributed by atoms with E-state index in [4.69, 9.17) is 15.6 Å². The zero-order valence-corrected chi connectivity index (χ0v) is 12.0. The van der Waals surface area contributed by atoms with E-state index < -0.39 is 23.5 Å². The van der Waals surface area contributed by atoms with Crippen LogP contribution in [0.5, 0.6) is 0 Å². The molecule has 1 heterocycles. The molecular weight excluding hydrogens is 268 g/mol. The van der Waals surface area contributed by atoms with Crippen molar-refractivity contribution in [3.05, 3.63) is 11.1 Å². The summed E-state index contributed by atoms with van der Waals surface area (Å²) in [6.07, 6.45) is -0.00763. The SMILES string of the molecule is CC(C)(C)OC(=O)CC(Cc1csc(N)n1)C(=O)O. The van der Waals surface area contributed by atoms with Crippen molar-refractivity contribution in [2.45, 2.75) is 39.2 Å². The number of carbonyl (C=O) groups is 2. The van der Waals surface area contributed by atoms with Gasteiger partial charge in [0.1, 0.15) is 5.60 Å². The lowest BCUT2D eigenvalue weighted by Crippen LogP contribution is -2.28. The summed E-state index contributed by atoms with van der Waals surface area (Å²) < 4.78 is 5.12. The van der Waals surface area contributed by atoms with Crippen LogP contribution in [0, 0.1) is 5.92 Å². The van der Waals surface area contributed by atoms with Crippen LogP contribution in [0.2, 0.25) is 0 Å². The van der Waals surface area contributed by atoms with Crippen LogP contribution in [-0.4, -0.2) is 27.6 Å². The molecule has 0 aliphatic rings. The number of nitrogen functional groups attached to an aromatic ring is 1. The van der Waals surface area contributed by atoms with Gasteiger partial charge >= 0.3 is 11.9 Å². The second kappa shape index (κ2) is 6.01. The Hall–Kier alpha value is -1.63. The minimum absolute atomic E-state index is 0.169. The van der Waals surface area contributed by atoms with E-state index in [1.165, 1.54) is 11.3 Å². The molecule has 0 saturated carbocycles. The Morgan fingerprint density at radius 2 is 2.16 bits per heavy atom. The first-order valence-electron chi connectivity index (χ1n) is 5.82. The first kappa shape index (κ1) is 15.4. The van der Waals surface area contributed by atoms with Gasteiger partial charge in [-0.2, -0.15) is 0 Å². The number of aliphatic carboxylic acids is 1. The lowest BCUT2D eigenvalue weighted by Gasteiger charge is -2.20. The van der Waals surface area contributed by atoms with Gasteiger partial charge < -0.3 is 15.6 Å². The summed E-state index contributed by atoms with van der Waals surface area (Å²) in [6.45, 7) is 5.21. The van der Waals surface area contributed by atoms with Crippen molar-refractivity contribution in [1.29, 1.82) is 0 Å². The molecule has 0 aliphatic carbocycles. The van der Waals surface area contributed by atoms with Gasteiger partial charge in [-0.15, -0.1) is 11.3 Å². The molecule has 7 heteroatoms. The first-order valence-corrected chi connectivity index (χ1v) is 6.70. The Balaban J connectivity index is 2.63. The van der Waals surface area contributed by atoms with Crippen LogP contribution < -0.4 is 5.73 Å². The van der Waals surface area contributed by atoms with Crippen LogP contribution in [-0.2, 0) is 20.7 Å². The summed E-state index contributed by atoms with van der Waals surface area (Å²) >= 11 is 1.24. The highest BCUT2D eigenvalue weighted by Gasteiger charge is 2.26. The number of ether oxygens (including phenoxy) is 1. The molecule has 1 aromatic rings. The maximum Gasteiger partial charge on any atom is 0.307 e. The predicted octanol–water partition coefficient (Wildman–Crippen LogP) is 1.70. The van der Waals surface area contributed by atoms with Crippen LogP contribution in [0.3, 0.4) is 0 Å². The van der Waals surface area contributed by atoms with Crippen LogP contribution in [0.4, 0.5) is 5.13 Å². The largest absolute Gasteiger partial charge is 0.481 e. The third-order valence-electron chi connectivity index (χ3n) is 2.21. The number of hydrogen-bond donors (Lipinski definition) is 2. The zero-order valence-electron chi connectivity index (χ0n) is 11.2. The van der Waals surface area contributed by atoms with E-state index in [2.05, 4.69) is 4.98 Å². The van der Waals surface area contributed by atoms with E-state index in [1.54, 1.807) is 26.2 Å². The lowest BCUT2D eigenvalue weighted by atomic mass is 10.00.